The maximum absolute atomic E-state index is 5.72. The standard InChI is InChI=1S/C14H30O3/c1-5-8-11-15-14(4,16-12-9-6-2)17-13-10-7-3/h5-13H2,1-4H3. The molecule has 0 bridgehead atoms. The van der Waals surface area contributed by atoms with Gasteiger partial charge in [-0.3, -0.25) is 0 Å². The number of unbranched alkanes of at least 4 members (excludes halogenated alkanes) is 3. The minimum Gasteiger partial charge on any atom is -0.328 e. The Labute approximate surface area is 107 Å². The summed E-state index contributed by atoms with van der Waals surface area (Å²) in [5.74, 6) is -0.848. The summed E-state index contributed by atoms with van der Waals surface area (Å²) in [4.78, 5) is 0. The molecular formula is C14H30O3. The Morgan fingerprint density at radius 1 is 0.647 bits per heavy atom. The Hall–Kier alpha value is -0.120. The molecule has 0 unspecified atom stereocenters. The second kappa shape index (κ2) is 11.0. The summed E-state index contributed by atoms with van der Waals surface area (Å²) in [6.07, 6.45) is 6.51. The molecule has 0 atom stereocenters. The van der Waals surface area contributed by atoms with Crippen LogP contribution in [0.25, 0.3) is 0 Å². The van der Waals surface area contributed by atoms with E-state index >= 15 is 0 Å². The van der Waals surface area contributed by atoms with E-state index in [-0.39, 0.29) is 0 Å². The summed E-state index contributed by atoms with van der Waals surface area (Å²) in [6.45, 7) is 10.4. The molecule has 0 aliphatic heterocycles. The summed E-state index contributed by atoms with van der Waals surface area (Å²) in [5, 5.41) is 0. The van der Waals surface area contributed by atoms with Crippen molar-refractivity contribution < 1.29 is 14.2 Å². The van der Waals surface area contributed by atoms with Crippen LogP contribution in [0.1, 0.15) is 66.2 Å². The van der Waals surface area contributed by atoms with E-state index in [9.17, 15) is 0 Å². The zero-order chi connectivity index (χ0) is 13.0. The molecule has 17 heavy (non-hydrogen) atoms. The fraction of sp³-hybridized carbons (Fsp3) is 1.00. The highest BCUT2D eigenvalue weighted by molar-refractivity contribution is 4.50. The first kappa shape index (κ1) is 16.9. The molecule has 0 aliphatic carbocycles. The lowest BCUT2D eigenvalue weighted by Gasteiger charge is -2.29. The largest absolute Gasteiger partial charge is 0.328 e. The Morgan fingerprint density at radius 2 is 0.941 bits per heavy atom. The summed E-state index contributed by atoms with van der Waals surface area (Å²) >= 11 is 0. The molecular weight excluding hydrogens is 216 g/mol. The second-order valence-corrected chi connectivity index (χ2v) is 4.47. The Morgan fingerprint density at radius 3 is 1.18 bits per heavy atom. The minimum absolute atomic E-state index is 0.700. The van der Waals surface area contributed by atoms with Crippen LogP contribution in [0.5, 0.6) is 0 Å². The SMILES string of the molecule is CCCCOC(C)(OCCCC)OCCCC. The number of rotatable bonds is 12. The van der Waals surface area contributed by atoms with Gasteiger partial charge in [-0.1, -0.05) is 40.0 Å². The van der Waals surface area contributed by atoms with Crippen LogP contribution < -0.4 is 0 Å². The molecule has 104 valence electrons. The van der Waals surface area contributed by atoms with E-state index in [0.717, 1.165) is 38.5 Å². The van der Waals surface area contributed by atoms with Gasteiger partial charge in [0.1, 0.15) is 0 Å². The summed E-state index contributed by atoms with van der Waals surface area (Å²) in [6, 6.07) is 0. The van der Waals surface area contributed by atoms with Crippen molar-refractivity contribution in [3.05, 3.63) is 0 Å². The first-order valence-electron chi connectivity index (χ1n) is 7.10. The molecule has 3 nitrogen and oxygen atoms in total. The molecule has 0 rings (SSSR count). The van der Waals surface area contributed by atoms with Gasteiger partial charge in [-0.2, -0.15) is 0 Å². The molecule has 0 amide bonds. The number of hydrogen-bond donors (Lipinski definition) is 0. The van der Waals surface area contributed by atoms with E-state index in [1.54, 1.807) is 0 Å². The van der Waals surface area contributed by atoms with Crippen LogP contribution in [-0.4, -0.2) is 25.8 Å². The molecule has 0 radical (unpaired) electrons. The van der Waals surface area contributed by atoms with Gasteiger partial charge in [-0.15, -0.1) is 0 Å². The average molecular weight is 246 g/mol. The van der Waals surface area contributed by atoms with E-state index in [0.29, 0.717) is 19.8 Å². The maximum atomic E-state index is 5.72. The van der Waals surface area contributed by atoms with Gasteiger partial charge in [-0.05, 0) is 19.3 Å². The van der Waals surface area contributed by atoms with Crippen molar-refractivity contribution in [1.29, 1.82) is 0 Å². The van der Waals surface area contributed by atoms with Crippen molar-refractivity contribution >= 4 is 0 Å². The predicted molar refractivity (Wildman–Crippen MR) is 71.0 cm³/mol. The molecule has 0 heterocycles. The first-order chi connectivity index (χ1) is 8.18. The number of hydrogen-bond acceptors (Lipinski definition) is 3. The second-order valence-electron chi connectivity index (χ2n) is 4.47. The van der Waals surface area contributed by atoms with Crippen LogP contribution in [0.15, 0.2) is 0 Å². The smallest absolute Gasteiger partial charge is 0.279 e. The Kier molecular flexibility index (Phi) is 10.9. The molecule has 0 aliphatic rings. The van der Waals surface area contributed by atoms with Gasteiger partial charge >= 0.3 is 0 Å². The van der Waals surface area contributed by atoms with Crippen LogP contribution in [0.3, 0.4) is 0 Å². The quantitative estimate of drug-likeness (QED) is 0.383. The molecule has 0 saturated carbocycles. The maximum Gasteiger partial charge on any atom is 0.279 e. The lowest BCUT2D eigenvalue weighted by molar-refractivity contribution is -0.370. The zero-order valence-electron chi connectivity index (χ0n) is 12.1. The van der Waals surface area contributed by atoms with Crippen LogP contribution in [0.4, 0.5) is 0 Å². The van der Waals surface area contributed by atoms with Crippen molar-refractivity contribution in [2.24, 2.45) is 0 Å². The first-order valence-corrected chi connectivity index (χ1v) is 7.10. The fourth-order valence-electron chi connectivity index (χ4n) is 1.33. The molecule has 0 saturated heterocycles. The third-order valence-corrected chi connectivity index (χ3v) is 2.59. The monoisotopic (exact) mass is 246 g/mol. The van der Waals surface area contributed by atoms with E-state index in [4.69, 9.17) is 14.2 Å². The van der Waals surface area contributed by atoms with E-state index < -0.39 is 5.97 Å². The summed E-state index contributed by atoms with van der Waals surface area (Å²) < 4.78 is 17.2. The minimum atomic E-state index is -0.848. The van der Waals surface area contributed by atoms with Gasteiger partial charge in [0.15, 0.2) is 0 Å². The summed E-state index contributed by atoms with van der Waals surface area (Å²) in [7, 11) is 0. The van der Waals surface area contributed by atoms with Gasteiger partial charge in [0, 0.05) is 6.92 Å². The van der Waals surface area contributed by atoms with Crippen molar-refractivity contribution in [1.82, 2.24) is 0 Å². The molecule has 0 aromatic carbocycles. The van der Waals surface area contributed by atoms with Gasteiger partial charge in [0.2, 0.25) is 0 Å². The normalized spacial score (nSPS) is 12.0. The Bertz CT molecular complexity index is 133. The molecule has 0 aromatic rings. The van der Waals surface area contributed by atoms with Crippen LogP contribution in [0.2, 0.25) is 0 Å². The topological polar surface area (TPSA) is 27.7 Å². The molecule has 0 fully saturated rings. The highest BCUT2D eigenvalue weighted by Gasteiger charge is 2.26. The van der Waals surface area contributed by atoms with Crippen molar-refractivity contribution in [3.63, 3.8) is 0 Å². The van der Waals surface area contributed by atoms with Crippen LogP contribution >= 0.6 is 0 Å². The summed E-state index contributed by atoms with van der Waals surface area (Å²) in [5.41, 5.74) is 0. The van der Waals surface area contributed by atoms with E-state index in [2.05, 4.69) is 20.8 Å². The molecule has 0 N–H and O–H groups in total. The Balaban J connectivity index is 3.95. The van der Waals surface area contributed by atoms with Crippen molar-refractivity contribution in [3.8, 4) is 0 Å². The lowest BCUT2D eigenvalue weighted by atomic mass is 10.3. The van der Waals surface area contributed by atoms with E-state index in [1.165, 1.54) is 0 Å². The van der Waals surface area contributed by atoms with Gasteiger partial charge in [0.25, 0.3) is 5.97 Å². The molecule has 3 heteroatoms. The van der Waals surface area contributed by atoms with Gasteiger partial charge in [-0.25, -0.2) is 0 Å². The number of ether oxygens (including phenoxy) is 3. The van der Waals surface area contributed by atoms with Crippen LogP contribution in [0, 0.1) is 0 Å². The third kappa shape index (κ3) is 9.57. The average Bonchev–Trinajstić information content (AvgIpc) is 2.30. The molecule has 0 aromatic heterocycles. The zero-order valence-corrected chi connectivity index (χ0v) is 12.1. The van der Waals surface area contributed by atoms with Crippen LogP contribution in [-0.2, 0) is 14.2 Å². The van der Waals surface area contributed by atoms with Crippen molar-refractivity contribution in [2.45, 2.75) is 72.2 Å². The highest BCUT2D eigenvalue weighted by Crippen LogP contribution is 2.17. The third-order valence-electron chi connectivity index (χ3n) is 2.59. The fourth-order valence-corrected chi connectivity index (χ4v) is 1.33. The predicted octanol–water partition coefficient (Wildman–Crippen LogP) is 4.11. The highest BCUT2D eigenvalue weighted by atomic mass is 16.9. The van der Waals surface area contributed by atoms with Crippen molar-refractivity contribution in [2.75, 3.05) is 19.8 Å². The van der Waals surface area contributed by atoms with Gasteiger partial charge in [0.05, 0.1) is 19.8 Å². The van der Waals surface area contributed by atoms with Gasteiger partial charge < -0.3 is 14.2 Å². The van der Waals surface area contributed by atoms with E-state index in [1.807, 2.05) is 6.92 Å². The molecule has 0 spiro atoms. The lowest BCUT2D eigenvalue weighted by Crippen LogP contribution is -2.37.